The Bertz CT molecular complexity index is 1460. The van der Waals surface area contributed by atoms with Gasteiger partial charge in [0, 0.05) is 22.9 Å². The van der Waals surface area contributed by atoms with Crippen LogP contribution in [0.1, 0.15) is 37.5 Å². The molecule has 4 rings (SSSR count). The lowest BCUT2D eigenvalue weighted by atomic mass is 9.87. The van der Waals surface area contributed by atoms with Crippen LogP contribution in [-0.2, 0) is 10.2 Å². The minimum Gasteiger partial charge on any atom is -0.497 e. The van der Waals surface area contributed by atoms with Gasteiger partial charge in [-0.05, 0) is 42.2 Å². The van der Waals surface area contributed by atoms with Crippen LogP contribution < -0.4 is 14.9 Å². The van der Waals surface area contributed by atoms with Crippen molar-refractivity contribution in [2.45, 2.75) is 38.3 Å². The van der Waals surface area contributed by atoms with Gasteiger partial charge in [-0.2, -0.15) is 5.10 Å². The minimum atomic E-state index is -0.265. The SMILES string of the molecule is COc1ccc(/C=N/NC(=O)CSc2nnc(-c3ccc(C(C)(C)C)cc3)n2-c2ccc(C)cc2)c(OC)c1. The smallest absolute Gasteiger partial charge is 0.250 e. The fraction of sp³-hybridized carbons (Fsp3) is 0.267. The molecule has 0 unspecified atom stereocenters. The Morgan fingerprint density at radius 1 is 1.00 bits per heavy atom. The largest absolute Gasteiger partial charge is 0.497 e. The van der Waals surface area contributed by atoms with Crippen molar-refractivity contribution >= 4 is 23.9 Å². The molecule has 0 spiro atoms. The molecule has 0 bridgehead atoms. The van der Waals surface area contributed by atoms with E-state index in [9.17, 15) is 4.79 Å². The van der Waals surface area contributed by atoms with E-state index in [0.29, 0.717) is 28.0 Å². The summed E-state index contributed by atoms with van der Waals surface area (Å²) in [5, 5.41) is 13.6. The van der Waals surface area contributed by atoms with Gasteiger partial charge in [0.05, 0.1) is 26.2 Å². The number of carbonyl (C=O) groups is 1. The number of methoxy groups -OCH3 is 2. The molecule has 1 amide bonds. The summed E-state index contributed by atoms with van der Waals surface area (Å²) in [6.45, 7) is 8.61. The lowest BCUT2D eigenvalue weighted by Gasteiger charge is -2.19. The highest BCUT2D eigenvalue weighted by Crippen LogP contribution is 2.30. The average molecular weight is 544 g/mol. The summed E-state index contributed by atoms with van der Waals surface area (Å²) in [6, 6.07) is 21.9. The van der Waals surface area contributed by atoms with Crippen LogP contribution in [0.15, 0.2) is 77.0 Å². The standard InChI is InChI=1S/C30H33N5O3S/c1-20-7-14-24(15-8-20)35-28(21-9-12-23(13-10-21)30(2,3)4)33-34-29(35)39-19-27(36)32-31-18-22-11-16-25(37-5)17-26(22)38-6/h7-18H,19H2,1-6H3,(H,32,36)/b31-18+. The first kappa shape index (κ1) is 27.9. The van der Waals surface area contributed by atoms with Gasteiger partial charge in [-0.25, -0.2) is 5.43 Å². The number of hydrazone groups is 1. The summed E-state index contributed by atoms with van der Waals surface area (Å²) in [5.41, 5.74) is 7.61. The summed E-state index contributed by atoms with van der Waals surface area (Å²) in [4.78, 5) is 12.6. The van der Waals surface area contributed by atoms with Crippen molar-refractivity contribution in [1.29, 1.82) is 0 Å². The number of amides is 1. The molecule has 1 aromatic heterocycles. The van der Waals surface area contributed by atoms with Crippen LogP contribution >= 0.6 is 11.8 Å². The number of aryl methyl sites for hydroxylation is 1. The Morgan fingerprint density at radius 3 is 2.36 bits per heavy atom. The molecule has 9 heteroatoms. The highest BCUT2D eigenvalue weighted by atomic mass is 32.2. The molecule has 0 atom stereocenters. The third-order valence-electron chi connectivity index (χ3n) is 6.10. The zero-order valence-electron chi connectivity index (χ0n) is 23.1. The molecule has 202 valence electrons. The van der Waals surface area contributed by atoms with Gasteiger partial charge in [0.15, 0.2) is 11.0 Å². The van der Waals surface area contributed by atoms with E-state index in [1.165, 1.54) is 23.5 Å². The van der Waals surface area contributed by atoms with Crippen LogP contribution in [0.4, 0.5) is 0 Å². The Labute approximate surface area is 233 Å². The summed E-state index contributed by atoms with van der Waals surface area (Å²) >= 11 is 1.30. The molecule has 0 saturated heterocycles. The second-order valence-electron chi connectivity index (χ2n) is 9.99. The topological polar surface area (TPSA) is 90.6 Å². The second-order valence-corrected chi connectivity index (χ2v) is 10.9. The number of ether oxygens (including phenoxy) is 2. The van der Waals surface area contributed by atoms with Crippen LogP contribution in [0, 0.1) is 6.92 Å². The van der Waals surface area contributed by atoms with Gasteiger partial charge in [-0.1, -0.05) is 74.5 Å². The van der Waals surface area contributed by atoms with Gasteiger partial charge in [-0.15, -0.1) is 10.2 Å². The van der Waals surface area contributed by atoms with Crippen LogP contribution in [0.3, 0.4) is 0 Å². The number of benzene rings is 3. The molecular formula is C30H33N5O3S. The number of hydrogen-bond acceptors (Lipinski definition) is 7. The highest BCUT2D eigenvalue weighted by molar-refractivity contribution is 7.99. The lowest BCUT2D eigenvalue weighted by Crippen LogP contribution is -2.20. The number of thioether (sulfide) groups is 1. The third kappa shape index (κ3) is 6.86. The second kappa shape index (κ2) is 12.2. The Balaban J connectivity index is 1.52. The number of carbonyl (C=O) groups excluding carboxylic acids is 1. The first-order chi connectivity index (χ1) is 18.7. The van der Waals surface area contributed by atoms with E-state index in [-0.39, 0.29) is 17.1 Å². The van der Waals surface area contributed by atoms with Crippen LogP contribution in [0.5, 0.6) is 11.5 Å². The van der Waals surface area contributed by atoms with Gasteiger partial charge in [0.25, 0.3) is 5.91 Å². The van der Waals surface area contributed by atoms with Gasteiger partial charge < -0.3 is 9.47 Å². The van der Waals surface area contributed by atoms with Gasteiger partial charge in [0.2, 0.25) is 0 Å². The van der Waals surface area contributed by atoms with Crippen LogP contribution in [0.25, 0.3) is 17.1 Å². The monoisotopic (exact) mass is 543 g/mol. The Hall–Kier alpha value is -4.11. The van der Waals surface area contributed by atoms with Gasteiger partial charge in [-0.3, -0.25) is 9.36 Å². The summed E-state index contributed by atoms with van der Waals surface area (Å²) in [5.74, 6) is 1.83. The van der Waals surface area contributed by atoms with E-state index in [0.717, 1.165) is 16.8 Å². The number of rotatable bonds is 9. The molecule has 3 aromatic carbocycles. The fourth-order valence-corrected chi connectivity index (χ4v) is 4.60. The van der Waals surface area contributed by atoms with E-state index in [1.54, 1.807) is 26.4 Å². The lowest BCUT2D eigenvalue weighted by molar-refractivity contribution is -0.118. The molecule has 0 aliphatic rings. The number of aromatic nitrogens is 3. The normalized spacial score (nSPS) is 11.5. The quantitative estimate of drug-likeness (QED) is 0.163. The zero-order valence-corrected chi connectivity index (χ0v) is 23.9. The number of nitrogens with zero attached hydrogens (tertiary/aromatic N) is 4. The molecule has 0 radical (unpaired) electrons. The molecule has 0 aliphatic carbocycles. The average Bonchev–Trinajstić information content (AvgIpc) is 3.36. The number of nitrogens with one attached hydrogen (secondary N) is 1. The predicted molar refractivity (Wildman–Crippen MR) is 156 cm³/mol. The van der Waals surface area contributed by atoms with Crippen molar-refractivity contribution in [1.82, 2.24) is 20.2 Å². The Morgan fingerprint density at radius 2 is 1.72 bits per heavy atom. The summed E-state index contributed by atoms with van der Waals surface area (Å²) in [6.07, 6.45) is 1.54. The van der Waals surface area contributed by atoms with Crippen molar-refractivity contribution in [3.8, 4) is 28.6 Å². The first-order valence-corrected chi connectivity index (χ1v) is 13.5. The maximum atomic E-state index is 12.6. The van der Waals surface area contributed by atoms with Crippen LogP contribution in [-0.4, -0.2) is 46.9 Å². The molecule has 0 saturated carbocycles. The molecule has 1 N–H and O–H groups in total. The summed E-state index contributed by atoms with van der Waals surface area (Å²) in [7, 11) is 3.16. The first-order valence-electron chi connectivity index (χ1n) is 12.5. The minimum absolute atomic E-state index is 0.0541. The van der Waals surface area contributed by atoms with Crippen molar-refractivity contribution in [2.24, 2.45) is 5.10 Å². The van der Waals surface area contributed by atoms with Gasteiger partial charge >= 0.3 is 0 Å². The molecule has 1 heterocycles. The Kier molecular flexibility index (Phi) is 8.71. The molecule has 8 nitrogen and oxygen atoms in total. The molecule has 0 aliphatic heterocycles. The maximum absolute atomic E-state index is 12.6. The van der Waals surface area contributed by atoms with Crippen molar-refractivity contribution in [2.75, 3.05) is 20.0 Å². The van der Waals surface area contributed by atoms with E-state index in [4.69, 9.17) is 9.47 Å². The van der Waals surface area contributed by atoms with Gasteiger partial charge in [0.1, 0.15) is 11.5 Å². The van der Waals surface area contributed by atoms with Crippen LogP contribution in [0.2, 0.25) is 0 Å². The van der Waals surface area contributed by atoms with E-state index < -0.39 is 0 Å². The van der Waals surface area contributed by atoms with E-state index in [2.05, 4.69) is 65.8 Å². The van der Waals surface area contributed by atoms with Crippen molar-refractivity contribution < 1.29 is 14.3 Å². The zero-order chi connectivity index (χ0) is 28.0. The highest BCUT2D eigenvalue weighted by Gasteiger charge is 2.19. The molecule has 39 heavy (non-hydrogen) atoms. The fourth-order valence-electron chi connectivity index (χ4n) is 3.86. The maximum Gasteiger partial charge on any atom is 0.250 e. The van der Waals surface area contributed by atoms with E-state index in [1.807, 2.05) is 41.8 Å². The van der Waals surface area contributed by atoms with E-state index >= 15 is 0 Å². The molecule has 0 fully saturated rings. The summed E-state index contributed by atoms with van der Waals surface area (Å²) < 4.78 is 12.6. The van der Waals surface area contributed by atoms with Crippen molar-refractivity contribution in [3.05, 3.63) is 83.4 Å². The predicted octanol–water partition coefficient (Wildman–Crippen LogP) is 5.80. The number of hydrogen-bond donors (Lipinski definition) is 1. The molecular weight excluding hydrogens is 510 g/mol. The third-order valence-corrected chi connectivity index (χ3v) is 7.03. The molecule has 4 aromatic rings. The van der Waals surface area contributed by atoms with Crippen molar-refractivity contribution in [3.63, 3.8) is 0 Å².